The van der Waals surface area contributed by atoms with Crippen LogP contribution in [0, 0.1) is 11.6 Å². The van der Waals surface area contributed by atoms with Gasteiger partial charge in [0, 0.05) is 50.5 Å². The average molecular weight is 459 g/mol. The van der Waals surface area contributed by atoms with E-state index in [-0.39, 0.29) is 17.8 Å². The molecule has 1 N–H and O–H groups in total. The number of hydrogen-bond donors (Lipinski definition) is 1. The van der Waals surface area contributed by atoms with E-state index in [4.69, 9.17) is 0 Å². The molecule has 1 aliphatic heterocycles. The van der Waals surface area contributed by atoms with Gasteiger partial charge in [-0.2, -0.15) is 0 Å². The Morgan fingerprint density at radius 2 is 1.67 bits per heavy atom. The van der Waals surface area contributed by atoms with Gasteiger partial charge >= 0.3 is 6.03 Å². The molecule has 1 aliphatic rings. The van der Waals surface area contributed by atoms with Crippen molar-refractivity contribution in [3.05, 3.63) is 59.7 Å². The quantitative estimate of drug-likeness (QED) is 0.608. The van der Waals surface area contributed by atoms with Crippen molar-refractivity contribution in [3.63, 3.8) is 0 Å². The number of nitrogens with one attached hydrogen (secondary N) is 1. The molecule has 3 rings (SSSR count). The zero-order valence-electron chi connectivity index (χ0n) is 19.3. The molecule has 1 heterocycles. The van der Waals surface area contributed by atoms with Crippen LogP contribution < -0.4 is 10.2 Å². The Morgan fingerprint density at radius 3 is 2.30 bits per heavy atom. The summed E-state index contributed by atoms with van der Waals surface area (Å²) in [5, 5.41) is 2.75. The highest BCUT2D eigenvalue weighted by molar-refractivity contribution is 5.94. The normalized spacial score (nSPS) is 13.7. The van der Waals surface area contributed by atoms with Crippen LogP contribution >= 0.6 is 0 Å². The van der Waals surface area contributed by atoms with Crippen molar-refractivity contribution in [2.45, 2.75) is 33.1 Å². The molecule has 3 amide bonds. The van der Waals surface area contributed by atoms with Crippen molar-refractivity contribution in [1.82, 2.24) is 9.80 Å². The monoisotopic (exact) mass is 458 g/mol. The molecule has 33 heavy (non-hydrogen) atoms. The lowest BCUT2D eigenvalue weighted by molar-refractivity contribution is 0.0671. The fourth-order valence-corrected chi connectivity index (χ4v) is 3.93. The van der Waals surface area contributed by atoms with E-state index in [0.29, 0.717) is 43.1 Å². The third-order valence-electron chi connectivity index (χ3n) is 5.74. The van der Waals surface area contributed by atoms with E-state index in [1.54, 1.807) is 28.0 Å². The maximum absolute atomic E-state index is 14.8. The highest BCUT2D eigenvalue weighted by Crippen LogP contribution is 2.24. The Morgan fingerprint density at radius 1 is 0.939 bits per heavy atom. The Bertz CT molecular complexity index is 961. The van der Waals surface area contributed by atoms with E-state index in [0.717, 1.165) is 32.4 Å². The molecule has 0 spiro atoms. The topological polar surface area (TPSA) is 55.9 Å². The molecule has 0 saturated carbocycles. The maximum atomic E-state index is 14.8. The number of carbonyl (C=O) groups is 2. The summed E-state index contributed by atoms with van der Waals surface area (Å²) in [6.07, 6.45) is 2.96. The molecule has 1 fully saturated rings. The number of urea groups is 1. The minimum absolute atomic E-state index is 0.257. The van der Waals surface area contributed by atoms with Gasteiger partial charge in [-0.25, -0.2) is 13.6 Å². The summed E-state index contributed by atoms with van der Waals surface area (Å²) in [5.41, 5.74) is 1.23. The first kappa shape index (κ1) is 24.5. The molecule has 0 aliphatic carbocycles. The summed E-state index contributed by atoms with van der Waals surface area (Å²) >= 11 is 0. The van der Waals surface area contributed by atoms with Gasteiger partial charge in [0.1, 0.15) is 11.6 Å². The Labute approximate surface area is 194 Å². The van der Waals surface area contributed by atoms with Gasteiger partial charge in [-0.3, -0.25) is 4.79 Å². The second kappa shape index (κ2) is 11.6. The van der Waals surface area contributed by atoms with Crippen molar-refractivity contribution in [3.8, 4) is 0 Å². The van der Waals surface area contributed by atoms with E-state index < -0.39 is 5.82 Å². The van der Waals surface area contributed by atoms with Crippen LogP contribution in [0.15, 0.2) is 42.5 Å². The van der Waals surface area contributed by atoms with Crippen molar-refractivity contribution in [2.75, 3.05) is 49.5 Å². The number of anilines is 2. The number of amides is 3. The smallest absolute Gasteiger partial charge is 0.321 e. The second-order valence-corrected chi connectivity index (χ2v) is 8.23. The van der Waals surface area contributed by atoms with E-state index in [1.165, 1.54) is 24.3 Å². The van der Waals surface area contributed by atoms with Crippen molar-refractivity contribution >= 4 is 23.3 Å². The van der Waals surface area contributed by atoms with Gasteiger partial charge in [0.05, 0.1) is 5.69 Å². The first-order valence-electron chi connectivity index (χ1n) is 11.6. The van der Waals surface area contributed by atoms with Crippen LogP contribution in [-0.2, 0) is 0 Å². The summed E-state index contributed by atoms with van der Waals surface area (Å²) in [6, 6.07) is 10.0. The average Bonchev–Trinajstić information content (AvgIpc) is 2.82. The lowest BCUT2D eigenvalue weighted by Gasteiger charge is -2.34. The van der Waals surface area contributed by atoms with Gasteiger partial charge < -0.3 is 20.0 Å². The van der Waals surface area contributed by atoms with Crippen LogP contribution in [0.1, 0.15) is 43.5 Å². The molecule has 6 nitrogen and oxygen atoms in total. The highest BCUT2D eigenvalue weighted by atomic mass is 19.1. The van der Waals surface area contributed by atoms with Crippen LogP contribution in [0.4, 0.5) is 25.0 Å². The third kappa shape index (κ3) is 6.43. The van der Waals surface area contributed by atoms with Crippen molar-refractivity contribution in [2.24, 2.45) is 0 Å². The minimum atomic E-state index is -0.458. The van der Waals surface area contributed by atoms with E-state index in [9.17, 15) is 18.4 Å². The molecule has 178 valence electrons. The maximum Gasteiger partial charge on any atom is 0.321 e. The van der Waals surface area contributed by atoms with Crippen LogP contribution in [0.5, 0.6) is 0 Å². The number of piperazine rings is 1. The zero-order chi connectivity index (χ0) is 23.8. The first-order valence-corrected chi connectivity index (χ1v) is 11.6. The number of halogens is 2. The fourth-order valence-electron chi connectivity index (χ4n) is 3.93. The van der Waals surface area contributed by atoms with Gasteiger partial charge in [0.2, 0.25) is 0 Å². The van der Waals surface area contributed by atoms with Crippen LogP contribution in [0.3, 0.4) is 0 Å². The molecule has 0 aromatic heterocycles. The number of hydrogen-bond acceptors (Lipinski definition) is 3. The minimum Gasteiger partial charge on any atom is -0.369 e. The number of unbranched alkanes of at least 4 members (excludes halogenated alkanes) is 1. The Kier molecular flexibility index (Phi) is 8.63. The zero-order valence-corrected chi connectivity index (χ0v) is 19.3. The first-order chi connectivity index (χ1) is 15.9. The predicted octanol–water partition coefficient (Wildman–Crippen LogP) is 4.97. The van der Waals surface area contributed by atoms with Gasteiger partial charge in [-0.15, -0.1) is 0 Å². The Balaban J connectivity index is 1.56. The standard InChI is InChI=1S/C25H32F2N4O2/c1-3-5-12-29(11-4-2)23-10-9-21(18-22(23)27)28-25(33)31-15-13-30(14-16-31)24(32)19-7-6-8-20(26)17-19/h6-10,17-18H,3-5,11-16H2,1-2H3,(H,28,33). The van der Waals surface area contributed by atoms with Gasteiger partial charge in [-0.05, 0) is 49.2 Å². The molecule has 8 heteroatoms. The molecule has 0 atom stereocenters. The number of benzene rings is 2. The number of nitrogens with zero attached hydrogens (tertiary/aromatic N) is 3. The number of rotatable bonds is 8. The molecular formula is C25H32F2N4O2. The fraction of sp³-hybridized carbons (Fsp3) is 0.440. The molecule has 2 aromatic carbocycles. The molecule has 0 unspecified atom stereocenters. The van der Waals surface area contributed by atoms with Gasteiger partial charge in [-0.1, -0.05) is 26.3 Å². The van der Waals surface area contributed by atoms with E-state index >= 15 is 0 Å². The van der Waals surface area contributed by atoms with Crippen LogP contribution in [-0.4, -0.2) is 61.0 Å². The lowest BCUT2D eigenvalue weighted by Crippen LogP contribution is -2.51. The summed E-state index contributed by atoms with van der Waals surface area (Å²) in [4.78, 5) is 30.4. The summed E-state index contributed by atoms with van der Waals surface area (Å²) in [7, 11) is 0. The SMILES string of the molecule is CCCCN(CCC)c1ccc(NC(=O)N2CCN(C(=O)c3cccc(F)c3)CC2)cc1F. The van der Waals surface area contributed by atoms with Crippen LogP contribution in [0.2, 0.25) is 0 Å². The molecular weight excluding hydrogens is 426 g/mol. The summed E-state index contributed by atoms with van der Waals surface area (Å²) in [6.45, 7) is 7.13. The summed E-state index contributed by atoms with van der Waals surface area (Å²) < 4.78 is 28.2. The molecule has 1 saturated heterocycles. The Hall–Kier alpha value is -3.16. The highest BCUT2D eigenvalue weighted by Gasteiger charge is 2.25. The predicted molar refractivity (Wildman–Crippen MR) is 127 cm³/mol. The summed E-state index contributed by atoms with van der Waals surface area (Å²) in [5.74, 6) is -1.07. The number of carbonyl (C=O) groups excluding carboxylic acids is 2. The largest absolute Gasteiger partial charge is 0.369 e. The van der Waals surface area contributed by atoms with Crippen molar-refractivity contribution < 1.29 is 18.4 Å². The van der Waals surface area contributed by atoms with E-state index in [1.807, 2.05) is 4.90 Å². The van der Waals surface area contributed by atoms with Gasteiger partial charge in [0.25, 0.3) is 5.91 Å². The van der Waals surface area contributed by atoms with Gasteiger partial charge in [0.15, 0.2) is 0 Å². The van der Waals surface area contributed by atoms with Crippen LogP contribution in [0.25, 0.3) is 0 Å². The molecule has 2 aromatic rings. The third-order valence-corrected chi connectivity index (χ3v) is 5.74. The second-order valence-electron chi connectivity index (χ2n) is 8.23. The van der Waals surface area contributed by atoms with E-state index in [2.05, 4.69) is 19.2 Å². The lowest BCUT2D eigenvalue weighted by atomic mass is 10.2. The van der Waals surface area contributed by atoms with Crippen molar-refractivity contribution in [1.29, 1.82) is 0 Å². The molecule has 0 radical (unpaired) electrons. The molecule has 0 bridgehead atoms.